The van der Waals surface area contributed by atoms with Crippen molar-refractivity contribution in [2.45, 2.75) is 0 Å². The fraction of sp³-hybridized carbons (Fsp3) is 0.100. The summed E-state index contributed by atoms with van der Waals surface area (Å²) in [5.41, 5.74) is 0.554. The SMILES string of the molecule is COC(=O)C=Cc1c(O)cccc1Br. The Morgan fingerprint density at radius 1 is 1.57 bits per heavy atom. The molecule has 1 aromatic carbocycles. The number of benzene rings is 1. The van der Waals surface area contributed by atoms with E-state index in [0.717, 1.165) is 4.47 Å². The fourth-order valence-corrected chi connectivity index (χ4v) is 1.40. The molecule has 0 fully saturated rings. The Hall–Kier alpha value is -1.29. The van der Waals surface area contributed by atoms with Gasteiger partial charge in [0.2, 0.25) is 0 Å². The van der Waals surface area contributed by atoms with Crippen molar-refractivity contribution in [3.63, 3.8) is 0 Å². The number of halogens is 1. The minimum Gasteiger partial charge on any atom is -0.507 e. The van der Waals surface area contributed by atoms with Crippen LogP contribution in [0.4, 0.5) is 0 Å². The average molecular weight is 257 g/mol. The summed E-state index contributed by atoms with van der Waals surface area (Å²) in [6, 6.07) is 5.02. The number of carbonyl (C=O) groups excluding carboxylic acids is 1. The van der Waals surface area contributed by atoms with Gasteiger partial charge in [0.1, 0.15) is 5.75 Å². The molecule has 0 aromatic heterocycles. The molecule has 74 valence electrons. The van der Waals surface area contributed by atoms with Gasteiger partial charge >= 0.3 is 5.97 Å². The molecule has 0 bridgehead atoms. The fourth-order valence-electron chi connectivity index (χ4n) is 0.910. The second-order valence-corrected chi connectivity index (χ2v) is 3.38. The minimum atomic E-state index is -0.458. The maximum Gasteiger partial charge on any atom is 0.330 e. The normalized spacial score (nSPS) is 10.4. The van der Waals surface area contributed by atoms with Gasteiger partial charge in [-0.25, -0.2) is 4.79 Å². The Morgan fingerprint density at radius 3 is 2.86 bits per heavy atom. The monoisotopic (exact) mass is 256 g/mol. The van der Waals surface area contributed by atoms with Gasteiger partial charge in [-0.05, 0) is 18.2 Å². The van der Waals surface area contributed by atoms with E-state index in [1.165, 1.54) is 19.3 Å². The van der Waals surface area contributed by atoms with Crippen molar-refractivity contribution >= 4 is 28.0 Å². The number of ether oxygens (including phenoxy) is 1. The third kappa shape index (κ3) is 2.60. The van der Waals surface area contributed by atoms with Crippen molar-refractivity contribution in [3.8, 4) is 5.75 Å². The lowest BCUT2D eigenvalue weighted by Crippen LogP contribution is -1.93. The molecule has 14 heavy (non-hydrogen) atoms. The van der Waals surface area contributed by atoms with Crippen LogP contribution in [0, 0.1) is 0 Å². The summed E-state index contributed by atoms with van der Waals surface area (Å²) in [6.07, 6.45) is 2.74. The standard InChI is InChI=1S/C10H9BrO3/c1-14-10(13)6-5-7-8(11)3-2-4-9(7)12/h2-6,12H,1H3. The topological polar surface area (TPSA) is 46.5 Å². The van der Waals surface area contributed by atoms with Gasteiger partial charge < -0.3 is 9.84 Å². The number of methoxy groups -OCH3 is 1. The predicted octanol–water partition coefficient (Wildman–Crippen LogP) is 2.34. The van der Waals surface area contributed by atoms with Crippen molar-refractivity contribution in [2.75, 3.05) is 7.11 Å². The molecule has 1 aromatic rings. The van der Waals surface area contributed by atoms with Gasteiger partial charge in [0.15, 0.2) is 0 Å². The van der Waals surface area contributed by atoms with Crippen molar-refractivity contribution in [1.29, 1.82) is 0 Å². The Labute approximate surface area is 90.1 Å². The van der Waals surface area contributed by atoms with Crippen molar-refractivity contribution < 1.29 is 14.6 Å². The minimum absolute atomic E-state index is 0.111. The highest BCUT2D eigenvalue weighted by atomic mass is 79.9. The van der Waals surface area contributed by atoms with E-state index in [9.17, 15) is 9.90 Å². The molecule has 0 heterocycles. The molecule has 3 nitrogen and oxygen atoms in total. The van der Waals surface area contributed by atoms with E-state index in [4.69, 9.17) is 0 Å². The predicted molar refractivity (Wildman–Crippen MR) is 56.9 cm³/mol. The summed E-state index contributed by atoms with van der Waals surface area (Å²) in [5, 5.41) is 9.44. The molecule has 0 spiro atoms. The van der Waals surface area contributed by atoms with Crippen LogP contribution in [0.2, 0.25) is 0 Å². The van der Waals surface area contributed by atoms with Crippen molar-refractivity contribution in [3.05, 3.63) is 34.3 Å². The van der Waals surface area contributed by atoms with Crippen LogP contribution in [0.5, 0.6) is 5.75 Å². The molecule has 0 saturated carbocycles. The van der Waals surface area contributed by atoms with Crippen LogP contribution in [0.1, 0.15) is 5.56 Å². The van der Waals surface area contributed by atoms with Gasteiger partial charge in [-0.2, -0.15) is 0 Å². The number of esters is 1. The van der Waals surface area contributed by atoms with Crippen molar-refractivity contribution in [1.82, 2.24) is 0 Å². The third-order valence-corrected chi connectivity index (χ3v) is 2.31. The molecule has 0 aliphatic carbocycles. The summed E-state index contributed by atoms with van der Waals surface area (Å²) < 4.78 is 5.15. The molecule has 0 saturated heterocycles. The molecule has 4 heteroatoms. The number of aromatic hydroxyl groups is 1. The second kappa shape index (κ2) is 4.81. The van der Waals surface area contributed by atoms with E-state index >= 15 is 0 Å². The summed E-state index contributed by atoms with van der Waals surface area (Å²) >= 11 is 3.26. The first-order valence-corrected chi connectivity index (χ1v) is 4.68. The van der Waals surface area contributed by atoms with Gasteiger partial charge in [-0.15, -0.1) is 0 Å². The number of hydrogen-bond donors (Lipinski definition) is 1. The van der Waals surface area contributed by atoms with Gasteiger partial charge in [-0.3, -0.25) is 0 Å². The number of phenols is 1. The average Bonchev–Trinajstić information content (AvgIpc) is 2.16. The van der Waals surface area contributed by atoms with Crippen LogP contribution < -0.4 is 0 Å². The lowest BCUT2D eigenvalue weighted by atomic mass is 10.2. The highest BCUT2D eigenvalue weighted by molar-refractivity contribution is 9.10. The van der Waals surface area contributed by atoms with Gasteiger partial charge in [0.25, 0.3) is 0 Å². The molecule has 1 N–H and O–H groups in total. The van der Waals surface area contributed by atoms with E-state index in [0.29, 0.717) is 5.56 Å². The number of hydrogen-bond acceptors (Lipinski definition) is 3. The van der Waals surface area contributed by atoms with Gasteiger partial charge in [0, 0.05) is 16.1 Å². The second-order valence-electron chi connectivity index (χ2n) is 2.53. The van der Waals surface area contributed by atoms with Crippen LogP contribution in [-0.2, 0) is 9.53 Å². The Balaban J connectivity index is 2.96. The summed E-state index contributed by atoms with van der Waals surface area (Å²) in [7, 11) is 1.30. The van der Waals surface area contributed by atoms with Gasteiger partial charge in [0.05, 0.1) is 7.11 Å². The molecule has 0 amide bonds. The molecular formula is C10H9BrO3. The maximum absolute atomic E-state index is 10.8. The first-order chi connectivity index (χ1) is 6.65. The van der Waals surface area contributed by atoms with Crippen LogP contribution in [0.15, 0.2) is 28.7 Å². The molecule has 0 aliphatic heterocycles. The molecular weight excluding hydrogens is 248 g/mol. The number of carbonyl (C=O) groups is 1. The van der Waals surface area contributed by atoms with E-state index < -0.39 is 5.97 Å². The summed E-state index contributed by atoms with van der Waals surface area (Å²) in [4.78, 5) is 10.8. The lowest BCUT2D eigenvalue weighted by molar-refractivity contribution is -0.134. The van der Waals surface area contributed by atoms with Crippen molar-refractivity contribution in [2.24, 2.45) is 0 Å². The maximum atomic E-state index is 10.8. The molecule has 1 rings (SSSR count). The van der Waals surface area contributed by atoms with Crippen LogP contribution in [0.3, 0.4) is 0 Å². The van der Waals surface area contributed by atoms with E-state index in [1.54, 1.807) is 18.2 Å². The van der Waals surface area contributed by atoms with Crippen LogP contribution in [-0.4, -0.2) is 18.2 Å². The van der Waals surface area contributed by atoms with E-state index in [2.05, 4.69) is 20.7 Å². The summed E-state index contributed by atoms with van der Waals surface area (Å²) in [6.45, 7) is 0. The third-order valence-electron chi connectivity index (χ3n) is 1.62. The Bertz CT molecular complexity index is 351. The van der Waals surface area contributed by atoms with E-state index in [1.807, 2.05) is 0 Å². The lowest BCUT2D eigenvalue weighted by Gasteiger charge is -2.00. The number of phenolic OH excluding ortho intramolecular Hbond substituents is 1. The smallest absolute Gasteiger partial charge is 0.330 e. The first kappa shape index (κ1) is 10.8. The Morgan fingerprint density at radius 2 is 2.29 bits per heavy atom. The zero-order valence-corrected chi connectivity index (χ0v) is 9.11. The Kier molecular flexibility index (Phi) is 3.71. The largest absolute Gasteiger partial charge is 0.507 e. The molecule has 0 aliphatic rings. The highest BCUT2D eigenvalue weighted by Crippen LogP contribution is 2.26. The first-order valence-electron chi connectivity index (χ1n) is 3.88. The highest BCUT2D eigenvalue weighted by Gasteiger charge is 2.02. The molecule has 0 unspecified atom stereocenters. The zero-order chi connectivity index (χ0) is 10.6. The van der Waals surface area contributed by atoms with Crippen LogP contribution >= 0.6 is 15.9 Å². The quantitative estimate of drug-likeness (QED) is 0.653. The van der Waals surface area contributed by atoms with Crippen LogP contribution in [0.25, 0.3) is 6.08 Å². The number of rotatable bonds is 2. The molecule has 0 atom stereocenters. The molecule has 0 radical (unpaired) electrons. The van der Waals surface area contributed by atoms with E-state index in [-0.39, 0.29) is 5.75 Å². The zero-order valence-electron chi connectivity index (χ0n) is 7.53. The summed E-state index contributed by atoms with van der Waals surface area (Å²) in [5.74, 6) is -0.348. The van der Waals surface area contributed by atoms with Gasteiger partial charge in [-0.1, -0.05) is 22.0 Å².